The Bertz CT molecular complexity index is 1760. The number of esters is 1. The molecule has 49 heavy (non-hydrogen) atoms. The van der Waals surface area contributed by atoms with Gasteiger partial charge in [0.15, 0.2) is 0 Å². The van der Waals surface area contributed by atoms with Crippen molar-refractivity contribution in [3.8, 4) is 0 Å². The van der Waals surface area contributed by atoms with Gasteiger partial charge in [0.25, 0.3) is 0 Å². The van der Waals surface area contributed by atoms with Crippen LogP contribution in [0.2, 0.25) is 5.02 Å². The van der Waals surface area contributed by atoms with Crippen LogP contribution in [0.15, 0.2) is 138 Å². The number of hydrogen-bond acceptors (Lipinski definition) is 5. The van der Waals surface area contributed by atoms with Crippen molar-refractivity contribution in [2.24, 2.45) is 0 Å². The van der Waals surface area contributed by atoms with Crippen molar-refractivity contribution >= 4 is 23.5 Å². The van der Waals surface area contributed by atoms with E-state index >= 15 is 0 Å². The standard InChI is InChI=1S/C42H44ClN3O3/c1-29-38(41(47)45-36-21-24-46(25-22-36)28-31-13-6-3-7-14-31)40(34-19-12-20-35(43)27-34)39(30(2)44-29)42(48)49-26-23-37(32-15-8-4-9-16-32)33-17-10-5-11-18-33/h3-20,27,36-37,40,44H,21-26,28H2,1-2H3,(H,45,47). The zero-order valence-corrected chi connectivity index (χ0v) is 29.0. The molecule has 1 unspecified atom stereocenters. The lowest BCUT2D eigenvalue weighted by Gasteiger charge is -2.35. The number of carbonyl (C=O) groups is 2. The van der Waals surface area contributed by atoms with Gasteiger partial charge < -0.3 is 15.4 Å². The van der Waals surface area contributed by atoms with E-state index in [-0.39, 0.29) is 24.5 Å². The summed E-state index contributed by atoms with van der Waals surface area (Å²) in [6.45, 7) is 6.68. The van der Waals surface area contributed by atoms with Crippen LogP contribution in [0.25, 0.3) is 0 Å². The number of carbonyl (C=O) groups excluding carboxylic acids is 2. The van der Waals surface area contributed by atoms with Gasteiger partial charge in [-0.3, -0.25) is 9.69 Å². The van der Waals surface area contributed by atoms with Crippen LogP contribution in [0, 0.1) is 0 Å². The summed E-state index contributed by atoms with van der Waals surface area (Å²) in [5.74, 6) is -1.19. The molecule has 2 N–H and O–H groups in total. The van der Waals surface area contributed by atoms with Gasteiger partial charge in [-0.1, -0.05) is 115 Å². The fourth-order valence-corrected chi connectivity index (χ4v) is 7.37. The van der Waals surface area contributed by atoms with Crippen LogP contribution >= 0.6 is 11.6 Å². The third-order valence-corrected chi connectivity index (χ3v) is 9.86. The Morgan fingerprint density at radius 2 is 1.41 bits per heavy atom. The van der Waals surface area contributed by atoms with Gasteiger partial charge in [0, 0.05) is 53.6 Å². The van der Waals surface area contributed by atoms with E-state index in [9.17, 15) is 9.59 Å². The molecule has 0 saturated carbocycles. The molecule has 2 aliphatic rings. The number of rotatable bonds is 11. The van der Waals surface area contributed by atoms with E-state index in [2.05, 4.69) is 64.1 Å². The number of halogens is 1. The molecule has 1 fully saturated rings. The maximum Gasteiger partial charge on any atom is 0.336 e. The fourth-order valence-electron chi connectivity index (χ4n) is 7.17. The highest BCUT2D eigenvalue weighted by Gasteiger charge is 2.38. The molecule has 1 saturated heterocycles. The molecular formula is C42H44ClN3O3. The van der Waals surface area contributed by atoms with E-state index in [4.69, 9.17) is 16.3 Å². The Hall–Kier alpha value is -4.65. The van der Waals surface area contributed by atoms with Crippen LogP contribution in [0.3, 0.4) is 0 Å². The Balaban J connectivity index is 1.18. The number of nitrogens with zero attached hydrogens (tertiary/aromatic N) is 1. The average molecular weight is 674 g/mol. The molecule has 0 aromatic heterocycles. The molecule has 4 aromatic carbocycles. The average Bonchev–Trinajstić information content (AvgIpc) is 3.11. The third-order valence-electron chi connectivity index (χ3n) is 9.62. The summed E-state index contributed by atoms with van der Waals surface area (Å²) >= 11 is 6.48. The van der Waals surface area contributed by atoms with Crippen LogP contribution in [0.1, 0.15) is 67.2 Å². The van der Waals surface area contributed by atoms with Gasteiger partial charge >= 0.3 is 5.97 Å². The van der Waals surface area contributed by atoms with Crippen LogP contribution in [0.4, 0.5) is 0 Å². The number of hydrogen-bond donors (Lipinski definition) is 2. The van der Waals surface area contributed by atoms with Crippen molar-refractivity contribution in [3.63, 3.8) is 0 Å². The summed E-state index contributed by atoms with van der Waals surface area (Å²) in [5, 5.41) is 7.19. The zero-order valence-electron chi connectivity index (χ0n) is 28.2. The SMILES string of the molecule is CC1=C(C(=O)NC2CCN(Cc3ccccc3)CC2)C(c2cccc(Cl)c2)C(C(=O)OCCC(c2ccccc2)c2ccccc2)=C(C)N1. The van der Waals surface area contributed by atoms with Crippen LogP contribution in [0.5, 0.6) is 0 Å². The van der Waals surface area contributed by atoms with E-state index in [1.807, 2.05) is 74.5 Å². The Morgan fingerprint density at radius 3 is 2.02 bits per heavy atom. The molecule has 252 valence electrons. The molecule has 0 radical (unpaired) electrons. The number of ether oxygens (including phenoxy) is 1. The maximum absolute atomic E-state index is 14.2. The molecule has 2 aliphatic heterocycles. The normalized spacial score (nSPS) is 17.2. The van der Waals surface area contributed by atoms with Gasteiger partial charge in [0.2, 0.25) is 5.91 Å². The minimum absolute atomic E-state index is 0.0372. The molecule has 0 bridgehead atoms. The smallest absolute Gasteiger partial charge is 0.336 e. The van der Waals surface area contributed by atoms with Crippen LogP contribution in [-0.2, 0) is 20.9 Å². The van der Waals surface area contributed by atoms with E-state index in [0.29, 0.717) is 34.0 Å². The lowest BCUT2D eigenvalue weighted by Crippen LogP contribution is -2.46. The zero-order chi connectivity index (χ0) is 34.2. The molecular weight excluding hydrogens is 630 g/mol. The molecule has 0 spiro atoms. The van der Waals surface area contributed by atoms with Crippen molar-refractivity contribution in [2.75, 3.05) is 19.7 Å². The first-order chi connectivity index (χ1) is 23.9. The first kappa shape index (κ1) is 34.2. The molecule has 2 heterocycles. The van der Waals surface area contributed by atoms with Gasteiger partial charge in [-0.05, 0) is 67.5 Å². The summed E-state index contributed by atoms with van der Waals surface area (Å²) in [6.07, 6.45) is 2.33. The minimum atomic E-state index is -0.635. The second-order valence-electron chi connectivity index (χ2n) is 13.0. The summed E-state index contributed by atoms with van der Waals surface area (Å²) < 4.78 is 6.05. The quantitative estimate of drug-likeness (QED) is 0.157. The number of dihydropyridines is 1. The summed E-state index contributed by atoms with van der Waals surface area (Å²) in [6, 6.07) is 38.5. The third kappa shape index (κ3) is 8.51. The van der Waals surface area contributed by atoms with Crippen LogP contribution < -0.4 is 10.6 Å². The summed E-state index contributed by atoms with van der Waals surface area (Å²) in [5.41, 5.74) is 6.71. The van der Waals surface area contributed by atoms with Gasteiger partial charge in [0.05, 0.1) is 18.1 Å². The number of allylic oxidation sites excluding steroid dienone is 2. The first-order valence-electron chi connectivity index (χ1n) is 17.2. The second kappa shape index (κ2) is 16.2. The van der Waals surface area contributed by atoms with Crippen molar-refractivity contribution in [1.82, 2.24) is 15.5 Å². The van der Waals surface area contributed by atoms with Crippen molar-refractivity contribution in [1.29, 1.82) is 0 Å². The second-order valence-corrected chi connectivity index (χ2v) is 13.4. The lowest BCUT2D eigenvalue weighted by molar-refractivity contribution is -0.139. The predicted octanol–water partition coefficient (Wildman–Crippen LogP) is 8.12. The highest BCUT2D eigenvalue weighted by molar-refractivity contribution is 6.30. The number of benzene rings is 4. The summed E-state index contributed by atoms with van der Waals surface area (Å²) in [4.78, 5) is 30.7. The number of amides is 1. The molecule has 6 nitrogen and oxygen atoms in total. The van der Waals surface area contributed by atoms with Gasteiger partial charge in [0.1, 0.15) is 0 Å². The molecule has 1 atom stereocenters. The van der Waals surface area contributed by atoms with Gasteiger partial charge in [-0.2, -0.15) is 0 Å². The van der Waals surface area contributed by atoms with Crippen molar-refractivity contribution in [2.45, 2.75) is 57.5 Å². The highest BCUT2D eigenvalue weighted by Crippen LogP contribution is 2.40. The van der Waals surface area contributed by atoms with E-state index < -0.39 is 11.9 Å². The largest absolute Gasteiger partial charge is 0.462 e. The lowest BCUT2D eigenvalue weighted by atomic mass is 9.80. The Kier molecular flexibility index (Phi) is 11.3. The molecule has 1 amide bonds. The minimum Gasteiger partial charge on any atom is -0.462 e. The van der Waals surface area contributed by atoms with Crippen molar-refractivity contribution < 1.29 is 14.3 Å². The topological polar surface area (TPSA) is 70.7 Å². The van der Waals surface area contributed by atoms with E-state index in [1.54, 1.807) is 6.07 Å². The maximum atomic E-state index is 14.2. The Labute approximate surface area is 294 Å². The first-order valence-corrected chi connectivity index (χ1v) is 17.5. The van der Waals surface area contributed by atoms with E-state index in [1.165, 1.54) is 16.7 Å². The van der Waals surface area contributed by atoms with Gasteiger partial charge in [-0.25, -0.2) is 4.79 Å². The van der Waals surface area contributed by atoms with E-state index in [0.717, 1.165) is 38.0 Å². The predicted molar refractivity (Wildman–Crippen MR) is 196 cm³/mol. The highest BCUT2D eigenvalue weighted by atomic mass is 35.5. The molecule has 6 rings (SSSR count). The van der Waals surface area contributed by atoms with Crippen LogP contribution in [-0.4, -0.2) is 42.5 Å². The van der Waals surface area contributed by atoms with Gasteiger partial charge in [-0.15, -0.1) is 0 Å². The molecule has 0 aliphatic carbocycles. The summed E-state index contributed by atoms with van der Waals surface area (Å²) in [7, 11) is 0. The Morgan fingerprint density at radius 1 is 0.816 bits per heavy atom. The number of nitrogens with one attached hydrogen (secondary N) is 2. The number of likely N-dealkylation sites (tertiary alicyclic amines) is 1. The monoisotopic (exact) mass is 673 g/mol. The number of piperidine rings is 1. The fraction of sp³-hybridized carbons (Fsp3) is 0.286. The molecule has 4 aromatic rings. The van der Waals surface area contributed by atoms with Crippen molar-refractivity contribution in [3.05, 3.63) is 165 Å². The molecule has 7 heteroatoms.